The predicted octanol–water partition coefficient (Wildman–Crippen LogP) is 37.8. The van der Waals surface area contributed by atoms with Crippen LogP contribution in [0.2, 0.25) is 0 Å². The maximum Gasteiger partial charge on any atom is -0.0360 e. The van der Waals surface area contributed by atoms with Crippen LogP contribution in [0, 0.1) is 123 Å². The molecule has 1 atom stereocenters. The van der Waals surface area contributed by atoms with Gasteiger partial charge >= 0.3 is 0 Å². The van der Waals surface area contributed by atoms with Crippen molar-refractivity contribution in [2.45, 2.75) is 488 Å². The lowest BCUT2D eigenvalue weighted by molar-refractivity contribution is 0.235. The van der Waals surface area contributed by atoms with E-state index in [0.29, 0.717) is 10.8 Å². The fourth-order valence-corrected chi connectivity index (χ4v) is 8.51. The van der Waals surface area contributed by atoms with Crippen molar-refractivity contribution in [2.24, 2.45) is 123 Å². The Morgan fingerprint density at radius 3 is 0.554 bits per heavy atom. The Kier molecular flexibility index (Phi) is 149. The highest BCUT2D eigenvalue weighted by Crippen LogP contribution is 2.36. The highest BCUT2D eigenvalue weighted by atomic mass is 14.3. The third-order valence-electron chi connectivity index (χ3n) is 17.1. The van der Waals surface area contributed by atoms with Crippen LogP contribution in [-0.4, -0.2) is 0 Å². The van der Waals surface area contributed by atoms with E-state index in [1.165, 1.54) is 128 Å². The molecule has 4 saturated carbocycles. The molecule has 0 nitrogen and oxygen atoms in total. The molecule has 592 valence electrons. The fourth-order valence-electron chi connectivity index (χ4n) is 8.51. The van der Waals surface area contributed by atoms with Gasteiger partial charge in [0.25, 0.3) is 0 Å². The van der Waals surface area contributed by atoms with E-state index in [4.69, 9.17) is 0 Å². The maximum absolute atomic E-state index is 2.36. The second-order valence-corrected chi connectivity index (χ2v) is 34.0. The minimum atomic E-state index is 0. The van der Waals surface area contributed by atoms with Crippen molar-refractivity contribution in [1.29, 1.82) is 0 Å². The molecule has 0 saturated heterocycles. The number of rotatable bonds is 13. The highest BCUT2D eigenvalue weighted by molar-refractivity contribution is 4.75. The number of hydrogen-bond acceptors (Lipinski definition) is 0. The SMILES string of the molecule is C.C.C.C.C.C.C.C.C.C.C.C.CC(C)C.CC(C)C(C)(C)C.CC(C)C(C)C.CC(C)C1CC1.CC(C)C1CCC1.CC(C)C1CCCC1.CC(C)C1CCCCC1.CC(C)CC(C)(C)C.CC(C)CC(C)C.CCC(C)C.CCC(C)C(C)C.CCCC(C)C. The molecule has 0 heterocycles. The van der Waals surface area contributed by atoms with Gasteiger partial charge in [-0.1, -0.05) is 462 Å². The fraction of sp³-hybridized carbons (Fsp3) is 1.00. The largest absolute Gasteiger partial charge is 0.0776 e. The van der Waals surface area contributed by atoms with E-state index in [1.54, 1.807) is 0 Å². The first-order valence-electron chi connectivity index (χ1n) is 36.3. The second kappa shape index (κ2) is 93.1. The zero-order valence-corrected chi connectivity index (χ0v) is 65.1. The summed E-state index contributed by atoms with van der Waals surface area (Å²) in [4.78, 5) is 0. The van der Waals surface area contributed by atoms with Crippen LogP contribution in [0.4, 0.5) is 0 Å². The molecule has 4 aliphatic rings. The van der Waals surface area contributed by atoms with Gasteiger partial charge in [-0.25, -0.2) is 0 Å². The molecule has 0 aromatic carbocycles. The first-order chi connectivity index (χ1) is 36.3. The van der Waals surface area contributed by atoms with Gasteiger partial charge in [-0.05, 0) is 149 Å². The standard InChI is InChI=1S/C9H18.C8H16.C8H18.C7H14.3C7H16.C6H12.2C6H14.C5H12.C4H10.12CH4/c1-8(2)9-6-4-3-5-7-9;1-7(2)8-5-3-4-6-8;1-7(2)6-8(3,4)5;1-6(2)7-4-3-5-7;1-6(2)7(3,4)5;1-6(2)5-7(3)4;1-5-7(4)6(2)3;1-5(2)6-3-4-6;1-5(2)6(3)4;1-4-5-6(2)3;1-4-5(2)3;1-4(2)3;;;;;;;;;;;;/h8-9H,3-7H2,1-2H3;7-8H,3-6H2,1-2H3;7H,6H2,1-5H3;6-7H,3-5H2,1-2H3;6H,1-5H3;2*6-7H,5H2,1-4H3;5-6H,3-4H2,1-2H3;5-6H,1-4H3;6H,4-5H2,1-3H3;5H,4H2,1-3H3;4H,1-3H3;12*1H4. The van der Waals surface area contributed by atoms with Crippen LogP contribution in [0.5, 0.6) is 0 Å². The topological polar surface area (TPSA) is 0 Å². The summed E-state index contributed by atoms with van der Waals surface area (Å²) in [7, 11) is 0. The molecule has 0 spiro atoms. The molecule has 1 unspecified atom stereocenters. The molecule has 0 amide bonds. The van der Waals surface area contributed by atoms with E-state index >= 15 is 0 Å². The minimum Gasteiger partial charge on any atom is -0.0776 e. The van der Waals surface area contributed by atoms with Gasteiger partial charge in [0.1, 0.15) is 0 Å². The Morgan fingerprint density at radius 1 is 0.283 bits per heavy atom. The van der Waals surface area contributed by atoms with Crippen LogP contribution in [-0.2, 0) is 0 Å². The van der Waals surface area contributed by atoms with Gasteiger partial charge in [0.05, 0.1) is 0 Å². The first kappa shape index (κ1) is 147. The summed E-state index contributed by atoms with van der Waals surface area (Å²) in [6, 6.07) is 0. The zero-order chi connectivity index (χ0) is 65.1. The van der Waals surface area contributed by atoms with Crippen molar-refractivity contribution < 1.29 is 0 Å². The lowest BCUT2D eigenvalue weighted by Crippen LogP contribution is -2.16. The molecule has 4 aliphatic carbocycles. The molecule has 4 fully saturated rings. The normalized spacial score (nSPS) is 13.8. The molecule has 0 radical (unpaired) electrons. The summed E-state index contributed by atoms with van der Waals surface area (Å²) < 4.78 is 0. The van der Waals surface area contributed by atoms with E-state index in [-0.39, 0.29) is 89.1 Å². The summed E-state index contributed by atoms with van der Waals surface area (Å²) in [5.74, 6) is 17.6. The van der Waals surface area contributed by atoms with E-state index in [9.17, 15) is 0 Å². The number of hydrogen-bond donors (Lipinski definition) is 0. The van der Waals surface area contributed by atoms with Gasteiger partial charge < -0.3 is 0 Å². The molecule has 92 heavy (non-hydrogen) atoms. The van der Waals surface area contributed by atoms with Crippen LogP contribution in [0.1, 0.15) is 488 Å². The average Bonchev–Trinajstić information content (AvgIpc) is 3.99. The van der Waals surface area contributed by atoms with Gasteiger partial charge in [0.15, 0.2) is 0 Å². The molecule has 0 aromatic heterocycles. The van der Waals surface area contributed by atoms with Crippen molar-refractivity contribution in [3.8, 4) is 0 Å². The van der Waals surface area contributed by atoms with Crippen molar-refractivity contribution in [2.75, 3.05) is 0 Å². The van der Waals surface area contributed by atoms with Crippen molar-refractivity contribution in [3.05, 3.63) is 0 Å². The second-order valence-electron chi connectivity index (χ2n) is 34.0. The van der Waals surface area contributed by atoms with Crippen LogP contribution >= 0.6 is 0 Å². The van der Waals surface area contributed by atoms with Crippen LogP contribution < -0.4 is 0 Å². The quantitative estimate of drug-likeness (QED) is 0.172. The Labute approximate surface area is 607 Å². The Balaban J connectivity index is -0.0000000339. The molecule has 4 rings (SSSR count). The van der Waals surface area contributed by atoms with Crippen LogP contribution in [0.3, 0.4) is 0 Å². The van der Waals surface area contributed by atoms with Crippen LogP contribution in [0.15, 0.2) is 0 Å². The maximum atomic E-state index is 2.36. The first-order valence-corrected chi connectivity index (χ1v) is 36.3. The van der Waals surface area contributed by atoms with Gasteiger partial charge in [0.2, 0.25) is 0 Å². The summed E-state index contributed by atoms with van der Waals surface area (Å²) >= 11 is 0. The molecule has 0 heteroatoms. The van der Waals surface area contributed by atoms with E-state index in [1.807, 2.05) is 0 Å². The molecule has 0 N–H and O–H groups in total. The lowest BCUT2D eigenvalue weighted by atomic mass is 9.78. The van der Waals surface area contributed by atoms with Crippen LogP contribution in [0.25, 0.3) is 0 Å². The molecular formula is C92H224. The summed E-state index contributed by atoms with van der Waals surface area (Å²) in [5.41, 5.74) is 1.02. The van der Waals surface area contributed by atoms with Crippen molar-refractivity contribution in [3.63, 3.8) is 0 Å². The van der Waals surface area contributed by atoms with Gasteiger partial charge in [-0.15, -0.1) is 0 Å². The molecule has 0 aliphatic heterocycles. The van der Waals surface area contributed by atoms with E-state index in [0.717, 1.165) is 112 Å². The van der Waals surface area contributed by atoms with Crippen molar-refractivity contribution >= 4 is 0 Å². The van der Waals surface area contributed by atoms with Gasteiger partial charge in [0, 0.05) is 0 Å². The zero-order valence-electron chi connectivity index (χ0n) is 65.1. The Bertz CT molecular complexity index is 1050. The Morgan fingerprint density at radius 2 is 0.511 bits per heavy atom. The summed E-state index contributed by atoms with van der Waals surface area (Å²) in [6.45, 7) is 88.3. The summed E-state index contributed by atoms with van der Waals surface area (Å²) in [5, 5.41) is 0. The monoisotopic (exact) mass is 1330 g/mol. The van der Waals surface area contributed by atoms with E-state index in [2.05, 4.69) is 270 Å². The third kappa shape index (κ3) is 145. The average molecular weight is 1330 g/mol. The predicted molar refractivity (Wildman–Crippen MR) is 466 cm³/mol. The molecular weight excluding hydrogens is 1110 g/mol. The van der Waals surface area contributed by atoms with Gasteiger partial charge in [-0.3, -0.25) is 0 Å². The molecule has 0 bridgehead atoms. The minimum absolute atomic E-state index is 0. The smallest absolute Gasteiger partial charge is 0.0360 e. The lowest BCUT2D eigenvalue weighted by Gasteiger charge is -2.28. The van der Waals surface area contributed by atoms with Gasteiger partial charge in [-0.2, -0.15) is 0 Å². The molecule has 0 aromatic rings. The van der Waals surface area contributed by atoms with Crippen molar-refractivity contribution in [1.82, 2.24) is 0 Å². The third-order valence-corrected chi connectivity index (χ3v) is 17.1. The highest BCUT2D eigenvalue weighted by Gasteiger charge is 2.24. The Hall–Kier alpha value is 0. The van der Waals surface area contributed by atoms with E-state index < -0.39 is 0 Å². The summed E-state index contributed by atoms with van der Waals surface area (Å²) in [6.07, 6.45) is 28.9.